The first kappa shape index (κ1) is 26.6. The molecule has 2 amide bonds. The number of carbonyl (C=O) groups is 2. The minimum Gasteiger partial charge on any atom is -0.390 e. The summed E-state index contributed by atoms with van der Waals surface area (Å²) in [7, 11) is 0. The monoisotopic (exact) mass is 497 g/mol. The molecule has 1 aliphatic carbocycles. The molecule has 36 heavy (non-hydrogen) atoms. The van der Waals surface area contributed by atoms with Crippen LogP contribution >= 0.6 is 0 Å². The van der Waals surface area contributed by atoms with Gasteiger partial charge in [-0.1, -0.05) is 6.07 Å². The fourth-order valence-corrected chi connectivity index (χ4v) is 5.91. The van der Waals surface area contributed by atoms with Gasteiger partial charge in [0.2, 0.25) is 17.8 Å². The molecule has 1 saturated heterocycles. The molecule has 198 valence electrons. The molecule has 2 fully saturated rings. The van der Waals surface area contributed by atoms with Crippen molar-refractivity contribution in [3.8, 4) is 0 Å². The second kappa shape index (κ2) is 10.9. The first-order chi connectivity index (χ1) is 17.0. The molecule has 2 heterocycles. The third kappa shape index (κ3) is 6.27. The van der Waals surface area contributed by atoms with E-state index < -0.39 is 5.60 Å². The van der Waals surface area contributed by atoms with Crippen molar-refractivity contribution in [3.63, 3.8) is 0 Å². The number of benzene rings is 1. The number of nitrogens with one attached hydrogen (secondary N) is 2. The summed E-state index contributed by atoms with van der Waals surface area (Å²) >= 11 is 0. The number of hydrogen-bond donors (Lipinski definition) is 3. The summed E-state index contributed by atoms with van der Waals surface area (Å²) in [5.74, 6) is 1.000. The van der Waals surface area contributed by atoms with Crippen LogP contribution in [0.5, 0.6) is 0 Å². The molecule has 0 spiro atoms. The summed E-state index contributed by atoms with van der Waals surface area (Å²) in [4.78, 5) is 31.7. The Labute approximate surface area is 214 Å². The molecule has 1 aromatic heterocycles. The number of carbonyl (C=O) groups excluding carboxylic acids is 2. The zero-order chi connectivity index (χ0) is 26.0. The lowest BCUT2D eigenvalue weighted by Gasteiger charge is -2.37. The average Bonchev–Trinajstić information content (AvgIpc) is 3.15. The fourth-order valence-electron chi connectivity index (χ4n) is 5.91. The van der Waals surface area contributed by atoms with Crippen molar-refractivity contribution in [1.82, 2.24) is 19.8 Å². The van der Waals surface area contributed by atoms with Gasteiger partial charge in [0, 0.05) is 31.5 Å². The van der Waals surface area contributed by atoms with E-state index in [4.69, 9.17) is 4.98 Å². The molecule has 1 saturated carbocycles. The summed E-state index contributed by atoms with van der Waals surface area (Å²) in [6.07, 6.45) is 5.43. The molecule has 8 nitrogen and oxygen atoms in total. The van der Waals surface area contributed by atoms with Crippen LogP contribution in [0.15, 0.2) is 18.2 Å². The van der Waals surface area contributed by atoms with Gasteiger partial charge in [0.1, 0.15) is 0 Å². The van der Waals surface area contributed by atoms with Crippen LogP contribution in [0.4, 0.5) is 5.95 Å². The van der Waals surface area contributed by atoms with E-state index in [0.29, 0.717) is 11.9 Å². The van der Waals surface area contributed by atoms with Crippen molar-refractivity contribution in [2.75, 3.05) is 18.4 Å². The summed E-state index contributed by atoms with van der Waals surface area (Å²) in [6.45, 7) is 12.1. The third-order valence-electron chi connectivity index (χ3n) is 7.90. The zero-order valence-corrected chi connectivity index (χ0v) is 22.5. The largest absolute Gasteiger partial charge is 0.390 e. The van der Waals surface area contributed by atoms with Crippen LogP contribution in [-0.2, 0) is 16.1 Å². The Kier molecular flexibility index (Phi) is 8.05. The highest BCUT2D eigenvalue weighted by molar-refractivity contribution is 5.90. The fraction of sp³-hybridized carbons (Fsp3) is 0.679. The smallest absolute Gasteiger partial charge is 0.223 e. The highest BCUT2D eigenvalue weighted by Gasteiger charge is 2.31. The maximum absolute atomic E-state index is 12.5. The molecule has 0 bridgehead atoms. The SMILES string of the molecule is CC(=O)Nc1nc2ccc(CN3CCC(C(C)(C)O)CC3)cc2n1[C@H]1CC[C@@H](C(=O)NC(C)C)CC1. The summed E-state index contributed by atoms with van der Waals surface area (Å²) in [5.41, 5.74) is 2.52. The van der Waals surface area contributed by atoms with E-state index >= 15 is 0 Å². The molecule has 2 aliphatic rings. The van der Waals surface area contributed by atoms with E-state index in [-0.39, 0.29) is 29.8 Å². The van der Waals surface area contributed by atoms with E-state index in [9.17, 15) is 14.7 Å². The number of anilines is 1. The van der Waals surface area contributed by atoms with E-state index in [2.05, 4.69) is 38.3 Å². The Morgan fingerprint density at radius 3 is 2.36 bits per heavy atom. The summed E-state index contributed by atoms with van der Waals surface area (Å²) in [5, 5.41) is 16.4. The minimum atomic E-state index is -0.619. The van der Waals surface area contributed by atoms with Gasteiger partial charge in [-0.15, -0.1) is 0 Å². The molecule has 0 atom stereocenters. The van der Waals surface area contributed by atoms with E-state index in [1.165, 1.54) is 12.5 Å². The standard InChI is InChI=1S/C28H43N5O3/c1-18(2)29-26(35)21-7-9-23(10-8-21)33-25-16-20(6-11-24(25)31-27(33)30-19(3)34)17-32-14-12-22(13-15-32)28(4,5)36/h6,11,16,18,21-23,36H,7-10,12-15,17H2,1-5H3,(H,29,35)(H,30,31,34)/t21-,23+. The minimum absolute atomic E-state index is 0.0463. The third-order valence-corrected chi connectivity index (χ3v) is 7.90. The molecule has 1 aromatic carbocycles. The van der Waals surface area contributed by atoms with E-state index in [1.807, 2.05) is 27.7 Å². The Hall–Kier alpha value is -2.45. The number of nitrogens with zero attached hydrogens (tertiary/aromatic N) is 3. The van der Waals surface area contributed by atoms with Crippen LogP contribution in [0.25, 0.3) is 11.0 Å². The first-order valence-corrected chi connectivity index (χ1v) is 13.5. The Morgan fingerprint density at radius 1 is 1.11 bits per heavy atom. The van der Waals surface area contributed by atoms with Crippen LogP contribution in [0.1, 0.15) is 84.7 Å². The predicted octanol–water partition coefficient (Wildman–Crippen LogP) is 4.23. The molecule has 1 aliphatic heterocycles. The number of piperidine rings is 1. The number of hydrogen-bond acceptors (Lipinski definition) is 5. The lowest BCUT2D eigenvalue weighted by molar-refractivity contribution is -0.126. The van der Waals surface area contributed by atoms with Crippen molar-refractivity contribution in [3.05, 3.63) is 23.8 Å². The van der Waals surface area contributed by atoms with Gasteiger partial charge in [0.15, 0.2) is 0 Å². The quantitative estimate of drug-likeness (QED) is 0.532. The van der Waals surface area contributed by atoms with E-state index in [0.717, 1.165) is 69.2 Å². The second-order valence-electron chi connectivity index (χ2n) is 11.7. The maximum atomic E-state index is 12.5. The van der Waals surface area contributed by atoms with Gasteiger partial charge in [-0.3, -0.25) is 19.8 Å². The van der Waals surface area contributed by atoms with Gasteiger partial charge in [-0.05, 0) is 103 Å². The van der Waals surface area contributed by atoms with Crippen LogP contribution in [0.2, 0.25) is 0 Å². The maximum Gasteiger partial charge on any atom is 0.223 e. The first-order valence-electron chi connectivity index (χ1n) is 13.5. The normalized spacial score (nSPS) is 22.2. The van der Waals surface area contributed by atoms with Gasteiger partial charge in [-0.25, -0.2) is 4.98 Å². The van der Waals surface area contributed by atoms with Gasteiger partial charge in [0.25, 0.3) is 0 Å². The molecule has 0 radical (unpaired) electrons. The molecular formula is C28H43N5O3. The number of aliphatic hydroxyl groups is 1. The Morgan fingerprint density at radius 2 is 1.78 bits per heavy atom. The van der Waals surface area contributed by atoms with Gasteiger partial charge in [-0.2, -0.15) is 0 Å². The number of imidazole rings is 1. The lowest BCUT2D eigenvalue weighted by Crippen LogP contribution is -2.41. The van der Waals surface area contributed by atoms with Crippen molar-refractivity contribution < 1.29 is 14.7 Å². The topological polar surface area (TPSA) is 99.5 Å². The van der Waals surface area contributed by atoms with Crippen LogP contribution in [0.3, 0.4) is 0 Å². The summed E-state index contributed by atoms with van der Waals surface area (Å²) in [6, 6.07) is 6.74. The van der Waals surface area contributed by atoms with Gasteiger partial charge >= 0.3 is 0 Å². The average molecular weight is 498 g/mol. The molecule has 8 heteroatoms. The summed E-state index contributed by atoms with van der Waals surface area (Å²) < 4.78 is 2.19. The molecule has 0 unspecified atom stereocenters. The highest BCUT2D eigenvalue weighted by atomic mass is 16.3. The molecule has 4 rings (SSSR count). The highest BCUT2D eigenvalue weighted by Crippen LogP contribution is 2.37. The van der Waals surface area contributed by atoms with Gasteiger partial charge < -0.3 is 15.0 Å². The Bertz CT molecular complexity index is 1070. The van der Waals surface area contributed by atoms with Crippen molar-refractivity contribution in [2.24, 2.45) is 11.8 Å². The van der Waals surface area contributed by atoms with Gasteiger partial charge in [0.05, 0.1) is 16.6 Å². The van der Waals surface area contributed by atoms with Crippen molar-refractivity contribution in [2.45, 2.75) is 97.4 Å². The lowest BCUT2D eigenvalue weighted by atomic mass is 9.83. The van der Waals surface area contributed by atoms with E-state index in [1.54, 1.807) is 0 Å². The molecular weight excluding hydrogens is 454 g/mol. The predicted molar refractivity (Wildman–Crippen MR) is 143 cm³/mol. The second-order valence-corrected chi connectivity index (χ2v) is 11.7. The number of likely N-dealkylation sites (tertiary alicyclic amines) is 1. The number of fused-ring (bicyclic) bond motifs is 1. The zero-order valence-electron chi connectivity index (χ0n) is 22.5. The van der Waals surface area contributed by atoms with Crippen LogP contribution < -0.4 is 10.6 Å². The molecule has 2 aromatic rings. The number of aromatic nitrogens is 2. The Balaban J connectivity index is 1.52. The number of rotatable bonds is 7. The van der Waals surface area contributed by atoms with Crippen LogP contribution in [0, 0.1) is 11.8 Å². The van der Waals surface area contributed by atoms with Crippen molar-refractivity contribution >= 4 is 28.8 Å². The number of amides is 2. The molecule has 3 N–H and O–H groups in total. The van der Waals surface area contributed by atoms with Crippen molar-refractivity contribution in [1.29, 1.82) is 0 Å². The van der Waals surface area contributed by atoms with Crippen LogP contribution in [-0.4, -0.2) is 56.1 Å².